The highest BCUT2D eigenvalue weighted by atomic mass is 16.5. The molecule has 0 unspecified atom stereocenters. The molecule has 194 valence electrons. The Morgan fingerprint density at radius 1 is 0.946 bits per heavy atom. The summed E-state index contributed by atoms with van der Waals surface area (Å²) in [5.41, 5.74) is 2.64. The Morgan fingerprint density at radius 2 is 1.68 bits per heavy atom. The van der Waals surface area contributed by atoms with Crippen LogP contribution in [-0.2, 0) is 16.0 Å². The zero-order chi connectivity index (χ0) is 26.0. The second-order valence-corrected chi connectivity index (χ2v) is 9.85. The van der Waals surface area contributed by atoms with Crippen LogP contribution >= 0.6 is 0 Å². The molecule has 6 nitrogen and oxygen atoms in total. The van der Waals surface area contributed by atoms with Crippen LogP contribution in [0.3, 0.4) is 0 Å². The molecule has 0 aliphatic heterocycles. The van der Waals surface area contributed by atoms with Gasteiger partial charge in [-0.25, -0.2) is 4.79 Å². The highest BCUT2D eigenvalue weighted by Gasteiger charge is 2.26. The maximum absolute atomic E-state index is 12.9. The van der Waals surface area contributed by atoms with E-state index in [-0.39, 0.29) is 24.6 Å². The third-order valence-electron chi connectivity index (χ3n) is 7.21. The normalized spacial score (nSPS) is 18.1. The number of amides is 1. The molecule has 6 heteroatoms. The van der Waals surface area contributed by atoms with Crippen LogP contribution in [0.4, 0.5) is 0 Å². The van der Waals surface area contributed by atoms with E-state index in [9.17, 15) is 14.4 Å². The van der Waals surface area contributed by atoms with Crippen LogP contribution in [-0.4, -0.2) is 30.3 Å². The minimum atomic E-state index is -0.960. The zero-order valence-electron chi connectivity index (χ0n) is 21.4. The second kappa shape index (κ2) is 13.0. The molecule has 1 saturated carbocycles. The van der Waals surface area contributed by atoms with Crippen molar-refractivity contribution < 1.29 is 23.5 Å². The fraction of sp³-hybridized carbons (Fsp3) is 0.387. The summed E-state index contributed by atoms with van der Waals surface area (Å²) < 4.78 is 10.5. The molecule has 1 heterocycles. The van der Waals surface area contributed by atoms with Gasteiger partial charge in [-0.15, -0.1) is 0 Å². The molecule has 3 aromatic rings. The number of hydrogen-bond donors (Lipinski definition) is 1. The van der Waals surface area contributed by atoms with Gasteiger partial charge in [-0.1, -0.05) is 74.4 Å². The molecular formula is C31H35NO5. The van der Waals surface area contributed by atoms with Crippen LogP contribution in [0.5, 0.6) is 0 Å². The topological polar surface area (TPSA) is 85.6 Å². The van der Waals surface area contributed by atoms with Gasteiger partial charge < -0.3 is 14.5 Å². The molecular weight excluding hydrogens is 466 g/mol. The van der Waals surface area contributed by atoms with E-state index < -0.39 is 17.9 Å². The van der Waals surface area contributed by atoms with E-state index in [4.69, 9.17) is 9.15 Å². The van der Waals surface area contributed by atoms with Crippen LogP contribution in [0.15, 0.2) is 77.4 Å². The van der Waals surface area contributed by atoms with Crippen molar-refractivity contribution in [3.63, 3.8) is 0 Å². The molecule has 0 radical (unpaired) electrons. The highest BCUT2D eigenvalue weighted by molar-refractivity contribution is 5.99. The third kappa shape index (κ3) is 7.42. The van der Waals surface area contributed by atoms with Gasteiger partial charge >= 0.3 is 5.97 Å². The molecule has 4 rings (SSSR count). The minimum absolute atomic E-state index is 0.0980. The number of hydrogen-bond acceptors (Lipinski definition) is 5. The molecule has 1 fully saturated rings. The lowest BCUT2D eigenvalue weighted by Crippen LogP contribution is -2.43. The van der Waals surface area contributed by atoms with E-state index in [0.29, 0.717) is 11.5 Å². The fourth-order valence-electron chi connectivity index (χ4n) is 5.13. The summed E-state index contributed by atoms with van der Waals surface area (Å²) in [6.07, 6.45) is 9.13. The lowest BCUT2D eigenvalue weighted by atomic mass is 9.77. The van der Waals surface area contributed by atoms with Crippen molar-refractivity contribution in [1.29, 1.82) is 0 Å². The van der Waals surface area contributed by atoms with E-state index in [2.05, 4.69) is 12.2 Å². The van der Waals surface area contributed by atoms with Crippen LogP contribution in [0.2, 0.25) is 0 Å². The number of rotatable bonds is 11. The average molecular weight is 502 g/mol. The molecule has 1 aromatic heterocycles. The third-order valence-corrected chi connectivity index (χ3v) is 7.21. The lowest BCUT2D eigenvalue weighted by Gasteiger charge is -2.28. The van der Waals surface area contributed by atoms with Gasteiger partial charge in [0.05, 0.1) is 6.26 Å². The standard InChI is InChI=1S/C31H35NO5/c1-2-7-22-11-13-24(14-12-22)25-15-17-26(18-16-25)28(33)21-37-31(35)27(20-23-8-4-3-5-9-23)32-30(34)29-10-6-19-36-29/h3-6,8-10,15-19,22,24,27H,2,7,11-14,20-21H2,1H3,(H,32,34)/t22?,24?,27-/m0/s1. The van der Waals surface area contributed by atoms with Crippen molar-refractivity contribution in [1.82, 2.24) is 5.32 Å². The van der Waals surface area contributed by atoms with Crippen LogP contribution in [0.1, 0.15) is 83.4 Å². The second-order valence-electron chi connectivity index (χ2n) is 9.85. The summed E-state index contributed by atoms with van der Waals surface area (Å²) in [5.74, 6) is 0.0346. The molecule has 1 atom stereocenters. The first-order chi connectivity index (χ1) is 18.0. The molecule has 0 spiro atoms. The number of ether oxygens (including phenoxy) is 1. The van der Waals surface area contributed by atoms with E-state index in [1.54, 1.807) is 6.07 Å². The smallest absolute Gasteiger partial charge is 0.329 e. The number of nitrogens with one attached hydrogen (secondary N) is 1. The fourth-order valence-corrected chi connectivity index (χ4v) is 5.13. The van der Waals surface area contributed by atoms with Crippen molar-refractivity contribution >= 4 is 17.7 Å². The molecule has 0 saturated heterocycles. The predicted octanol–water partition coefficient (Wildman–Crippen LogP) is 6.12. The molecule has 1 aliphatic rings. The SMILES string of the molecule is CCCC1CCC(c2ccc(C(=O)COC(=O)[C@H](Cc3ccccc3)NC(=O)c3ccco3)cc2)CC1. The Labute approximate surface area is 218 Å². The Bertz CT molecular complexity index is 1150. The molecule has 1 amide bonds. The van der Waals surface area contributed by atoms with E-state index in [1.807, 2.05) is 54.6 Å². The van der Waals surface area contributed by atoms with Gasteiger partial charge in [-0.2, -0.15) is 0 Å². The molecule has 1 N–H and O–H groups in total. The van der Waals surface area contributed by atoms with Crippen molar-refractivity contribution in [3.8, 4) is 0 Å². The summed E-state index contributed by atoms with van der Waals surface area (Å²) in [5, 5.41) is 2.67. The number of Topliss-reactive ketones (excluding diaryl/α,β-unsaturated/α-hetero) is 1. The van der Waals surface area contributed by atoms with Gasteiger partial charge in [-0.3, -0.25) is 9.59 Å². The van der Waals surface area contributed by atoms with Gasteiger partial charge in [0.1, 0.15) is 6.04 Å². The first-order valence-electron chi connectivity index (χ1n) is 13.2. The quantitative estimate of drug-likeness (QED) is 0.253. The summed E-state index contributed by atoms with van der Waals surface area (Å²) in [6.45, 7) is 1.86. The number of carbonyl (C=O) groups excluding carboxylic acids is 3. The zero-order valence-corrected chi connectivity index (χ0v) is 21.4. The molecule has 2 aromatic carbocycles. The van der Waals surface area contributed by atoms with Gasteiger partial charge in [0, 0.05) is 12.0 Å². The maximum Gasteiger partial charge on any atom is 0.329 e. The Balaban J connectivity index is 1.33. The number of furan rings is 1. The average Bonchev–Trinajstić information content (AvgIpc) is 3.48. The van der Waals surface area contributed by atoms with Gasteiger partial charge in [0.15, 0.2) is 18.2 Å². The van der Waals surface area contributed by atoms with E-state index >= 15 is 0 Å². The van der Waals surface area contributed by atoms with Gasteiger partial charge in [0.2, 0.25) is 0 Å². The Kier molecular flexibility index (Phi) is 9.30. The molecule has 37 heavy (non-hydrogen) atoms. The number of esters is 1. The number of carbonyl (C=O) groups is 3. The van der Waals surface area contributed by atoms with E-state index in [0.717, 1.165) is 11.5 Å². The number of benzene rings is 2. The van der Waals surface area contributed by atoms with Crippen LogP contribution in [0, 0.1) is 5.92 Å². The van der Waals surface area contributed by atoms with Crippen molar-refractivity contribution in [3.05, 3.63) is 95.4 Å². The Morgan fingerprint density at radius 3 is 2.32 bits per heavy atom. The predicted molar refractivity (Wildman–Crippen MR) is 141 cm³/mol. The highest BCUT2D eigenvalue weighted by Crippen LogP contribution is 2.37. The maximum atomic E-state index is 12.9. The molecule has 0 bridgehead atoms. The van der Waals surface area contributed by atoms with Crippen molar-refractivity contribution in [2.45, 2.75) is 63.8 Å². The minimum Gasteiger partial charge on any atom is -0.459 e. The monoisotopic (exact) mass is 501 g/mol. The lowest BCUT2D eigenvalue weighted by molar-refractivity contribution is -0.144. The van der Waals surface area contributed by atoms with E-state index in [1.165, 1.54) is 56.4 Å². The Hall–Kier alpha value is -3.67. The number of ketones is 1. The summed E-state index contributed by atoms with van der Waals surface area (Å²) in [6, 6.07) is 19.2. The first-order valence-corrected chi connectivity index (χ1v) is 13.2. The summed E-state index contributed by atoms with van der Waals surface area (Å²) >= 11 is 0. The van der Waals surface area contributed by atoms with Gasteiger partial charge in [-0.05, 0) is 60.8 Å². The summed E-state index contributed by atoms with van der Waals surface area (Å²) in [4.78, 5) is 38.2. The van der Waals surface area contributed by atoms with Crippen LogP contribution in [0.25, 0.3) is 0 Å². The van der Waals surface area contributed by atoms with Crippen molar-refractivity contribution in [2.75, 3.05) is 6.61 Å². The molecule has 1 aliphatic carbocycles. The first kappa shape index (κ1) is 26.4. The van der Waals surface area contributed by atoms with Crippen LogP contribution < -0.4 is 5.32 Å². The summed E-state index contributed by atoms with van der Waals surface area (Å²) in [7, 11) is 0. The van der Waals surface area contributed by atoms with Crippen molar-refractivity contribution in [2.24, 2.45) is 5.92 Å². The largest absolute Gasteiger partial charge is 0.459 e. The van der Waals surface area contributed by atoms with Gasteiger partial charge in [0.25, 0.3) is 5.91 Å².